The predicted octanol–water partition coefficient (Wildman–Crippen LogP) is 2.49. The van der Waals surface area contributed by atoms with Crippen molar-refractivity contribution < 1.29 is 14.4 Å². The van der Waals surface area contributed by atoms with Crippen LogP contribution in [0.5, 0.6) is 0 Å². The molecule has 0 spiro atoms. The number of nitrogens with two attached hydrogens (primary N) is 1. The summed E-state index contributed by atoms with van der Waals surface area (Å²) in [6.45, 7) is 1.65. The Balaban J connectivity index is 1.44. The Bertz CT molecular complexity index is 1350. The molecule has 1 aliphatic carbocycles. The van der Waals surface area contributed by atoms with Crippen LogP contribution in [0.3, 0.4) is 0 Å². The number of hydrogen-bond acceptors (Lipinski definition) is 7. The smallest absolute Gasteiger partial charge is 0.280 e. The van der Waals surface area contributed by atoms with Crippen molar-refractivity contribution in [1.29, 1.82) is 0 Å². The van der Waals surface area contributed by atoms with E-state index in [2.05, 4.69) is 25.5 Å². The minimum absolute atomic E-state index is 0.128. The van der Waals surface area contributed by atoms with Crippen molar-refractivity contribution in [2.24, 2.45) is 11.7 Å². The molecule has 5 rings (SSSR count). The molecule has 3 unspecified atom stereocenters. The molecule has 3 atom stereocenters. The number of carbonyl (C=O) groups is 3. The van der Waals surface area contributed by atoms with Crippen LogP contribution in [0.4, 0.5) is 0 Å². The summed E-state index contributed by atoms with van der Waals surface area (Å²) < 4.78 is 0. The van der Waals surface area contributed by atoms with E-state index in [0.29, 0.717) is 22.1 Å². The van der Waals surface area contributed by atoms with Gasteiger partial charge in [-0.1, -0.05) is 11.6 Å². The van der Waals surface area contributed by atoms with Gasteiger partial charge in [0.25, 0.3) is 5.91 Å². The number of likely N-dealkylation sites (N-methyl/N-ethyl adjacent to an activating group) is 1. The lowest BCUT2D eigenvalue weighted by atomic mass is 9.70. The second-order valence-electron chi connectivity index (χ2n) is 9.77. The van der Waals surface area contributed by atoms with Crippen LogP contribution in [-0.4, -0.2) is 64.7 Å². The van der Waals surface area contributed by atoms with E-state index in [1.807, 2.05) is 7.05 Å². The van der Waals surface area contributed by atoms with Crippen LogP contribution >= 0.6 is 22.9 Å². The quantitative estimate of drug-likeness (QED) is 0.376. The van der Waals surface area contributed by atoms with E-state index in [-0.39, 0.29) is 36.4 Å². The number of halogens is 1. The molecule has 5 N–H and O–H groups in total. The highest BCUT2D eigenvalue weighted by Crippen LogP contribution is 2.35. The molecular formula is C25H29ClN6O3S. The van der Waals surface area contributed by atoms with Gasteiger partial charge >= 0.3 is 0 Å². The number of Topliss-reactive ketones (excluding diaryl/α,β-unsaturated/α-hetero) is 1. The molecule has 2 aromatic heterocycles. The molecule has 3 aromatic rings. The van der Waals surface area contributed by atoms with Crippen molar-refractivity contribution in [3.8, 4) is 0 Å². The Morgan fingerprint density at radius 2 is 2.11 bits per heavy atom. The minimum atomic E-state index is -1.39. The average molecular weight is 529 g/mol. The number of rotatable bonds is 5. The summed E-state index contributed by atoms with van der Waals surface area (Å²) in [6, 6.07) is 6.31. The molecule has 2 aliphatic rings. The van der Waals surface area contributed by atoms with Gasteiger partial charge in [-0.2, -0.15) is 0 Å². The molecule has 9 nitrogen and oxygen atoms in total. The number of fused-ring (bicyclic) bond motifs is 2. The molecule has 3 heterocycles. The van der Waals surface area contributed by atoms with E-state index < -0.39 is 11.6 Å². The normalized spacial score (nSPS) is 24.3. The Hall–Kier alpha value is -2.79. The van der Waals surface area contributed by atoms with Crippen molar-refractivity contribution in [2.45, 2.75) is 43.8 Å². The fourth-order valence-corrected chi connectivity index (χ4v) is 6.49. The predicted molar refractivity (Wildman–Crippen MR) is 139 cm³/mol. The van der Waals surface area contributed by atoms with E-state index >= 15 is 0 Å². The van der Waals surface area contributed by atoms with Gasteiger partial charge in [0.15, 0.2) is 5.01 Å². The number of nitrogens with one attached hydrogen (secondary N) is 3. The van der Waals surface area contributed by atoms with Crippen LogP contribution in [0.1, 0.15) is 50.1 Å². The van der Waals surface area contributed by atoms with Crippen LogP contribution in [0.25, 0.3) is 10.9 Å². The highest BCUT2D eigenvalue weighted by molar-refractivity contribution is 7.13. The number of carbonyl (C=O) groups excluding carboxylic acids is 3. The van der Waals surface area contributed by atoms with Crippen LogP contribution in [0, 0.1) is 5.92 Å². The van der Waals surface area contributed by atoms with Gasteiger partial charge < -0.3 is 26.3 Å². The van der Waals surface area contributed by atoms with Crippen LogP contribution < -0.4 is 16.4 Å². The van der Waals surface area contributed by atoms with Crippen LogP contribution in [-0.2, 0) is 17.8 Å². The maximum atomic E-state index is 13.8. The number of H-pyrrole nitrogens is 1. The number of amides is 2. The lowest BCUT2D eigenvalue weighted by molar-refractivity contribution is -0.126. The van der Waals surface area contributed by atoms with Gasteiger partial charge in [-0.3, -0.25) is 14.4 Å². The summed E-state index contributed by atoms with van der Waals surface area (Å²) in [5, 5.41) is 7.38. The third-order valence-corrected chi connectivity index (χ3v) is 8.65. The first-order valence-electron chi connectivity index (χ1n) is 12.0. The second kappa shape index (κ2) is 9.59. The summed E-state index contributed by atoms with van der Waals surface area (Å²) >= 11 is 7.48. The molecule has 2 amide bonds. The molecule has 0 saturated heterocycles. The lowest BCUT2D eigenvalue weighted by Gasteiger charge is -2.42. The summed E-state index contributed by atoms with van der Waals surface area (Å²) in [7, 11) is 3.62. The number of aromatic nitrogens is 2. The number of hydrogen-bond donors (Lipinski definition) is 4. The van der Waals surface area contributed by atoms with Crippen molar-refractivity contribution in [3.05, 3.63) is 50.6 Å². The minimum Gasteiger partial charge on any atom is -0.359 e. The number of nitrogens with zero attached hydrogens (tertiary/aromatic N) is 2. The monoisotopic (exact) mass is 528 g/mol. The third-order valence-electron chi connectivity index (χ3n) is 7.34. The fraction of sp³-hybridized carbons (Fsp3) is 0.440. The molecular weight excluding hydrogens is 500 g/mol. The Morgan fingerprint density at radius 1 is 1.31 bits per heavy atom. The van der Waals surface area contributed by atoms with Gasteiger partial charge in [-0.05, 0) is 50.6 Å². The van der Waals surface area contributed by atoms with Crippen molar-refractivity contribution in [3.63, 3.8) is 0 Å². The highest BCUT2D eigenvalue weighted by Gasteiger charge is 2.49. The average Bonchev–Trinajstić information content (AvgIpc) is 3.47. The third kappa shape index (κ3) is 4.54. The van der Waals surface area contributed by atoms with E-state index in [1.165, 1.54) is 11.3 Å². The van der Waals surface area contributed by atoms with Crippen molar-refractivity contribution >= 4 is 51.4 Å². The van der Waals surface area contributed by atoms with Crippen LogP contribution in [0.2, 0.25) is 5.02 Å². The number of benzene rings is 1. The standard InChI is InChI=1S/C25H29ClN6O3S/c1-28-22(34)13-5-7-25(27,21(33)18-10-14-9-15(26)3-4-16(14)29-18)20(11-13)31-23(35)24-30-17-6-8-32(2)12-19(17)36-24/h3-4,9-10,13,20,29H,5-8,11-12,27H2,1-2H3,(H,28,34)(H,31,35). The van der Waals surface area contributed by atoms with Gasteiger partial charge in [0.05, 0.1) is 17.4 Å². The molecule has 11 heteroatoms. The van der Waals surface area contributed by atoms with E-state index in [4.69, 9.17) is 17.3 Å². The molecule has 1 aromatic carbocycles. The summed E-state index contributed by atoms with van der Waals surface area (Å²) in [5.74, 6) is -1.16. The zero-order valence-corrected chi connectivity index (χ0v) is 21.8. The summed E-state index contributed by atoms with van der Waals surface area (Å²) in [6.07, 6.45) is 1.75. The molecule has 36 heavy (non-hydrogen) atoms. The molecule has 190 valence electrons. The first-order chi connectivity index (χ1) is 17.2. The first-order valence-corrected chi connectivity index (χ1v) is 13.2. The SMILES string of the molecule is CNC(=O)C1CCC(N)(C(=O)c2cc3cc(Cl)ccc3[nH]2)C(NC(=O)c2nc3c(s2)CN(C)CC3)C1. The molecule has 1 saturated carbocycles. The van der Waals surface area contributed by atoms with Gasteiger partial charge in [0.1, 0.15) is 5.54 Å². The summed E-state index contributed by atoms with van der Waals surface area (Å²) in [5.41, 5.74) is 7.49. The number of thiazole rings is 1. The maximum Gasteiger partial charge on any atom is 0.280 e. The van der Waals surface area contributed by atoms with Crippen molar-refractivity contribution in [1.82, 2.24) is 25.5 Å². The maximum absolute atomic E-state index is 13.8. The Labute approximate surface area is 217 Å². The van der Waals surface area contributed by atoms with Crippen molar-refractivity contribution in [2.75, 3.05) is 20.6 Å². The first kappa shape index (κ1) is 24.9. The topological polar surface area (TPSA) is 133 Å². The molecule has 0 radical (unpaired) electrons. The van der Waals surface area contributed by atoms with Crippen LogP contribution in [0.15, 0.2) is 24.3 Å². The van der Waals surface area contributed by atoms with E-state index in [0.717, 1.165) is 41.0 Å². The zero-order chi connectivity index (χ0) is 25.6. The summed E-state index contributed by atoms with van der Waals surface area (Å²) in [4.78, 5) is 50.5. The van der Waals surface area contributed by atoms with Gasteiger partial charge in [-0.15, -0.1) is 11.3 Å². The number of aromatic amines is 1. The molecule has 1 fully saturated rings. The Morgan fingerprint density at radius 3 is 2.89 bits per heavy atom. The fourth-order valence-electron chi connectivity index (χ4n) is 5.22. The second-order valence-corrected chi connectivity index (χ2v) is 11.3. The van der Waals surface area contributed by atoms with Gasteiger partial charge in [0.2, 0.25) is 11.7 Å². The molecule has 0 bridgehead atoms. The zero-order valence-electron chi connectivity index (χ0n) is 20.2. The Kier molecular flexibility index (Phi) is 6.63. The van der Waals surface area contributed by atoms with E-state index in [9.17, 15) is 14.4 Å². The lowest BCUT2D eigenvalue weighted by Crippen LogP contribution is -2.66. The number of ketones is 1. The highest BCUT2D eigenvalue weighted by atomic mass is 35.5. The van der Waals surface area contributed by atoms with Gasteiger partial charge in [0, 0.05) is 53.3 Å². The largest absolute Gasteiger partial charge is 0.359 e. The molecule has 1 aliphatic heterocycles. The van der Waals surface area contributed by atoms with Gasteiger partial charge in [-0.25, -0.2) is 4.98 Å². The van der Waals surface area contributed by atoms with E-state index in [1.54, 1.807) is 31.3 Å².